The molecule has 0 aromatic rings. The number of β-amino-alcohol motifs (C(OH)–C–C–N with tert-alkyl or cyclic N) is 1. The van der Waals surface area contributed by atoms with E-state index in [1.165, 1.54) is 13.8 Å². The zero-order valence-electron chi connectivity index (χ0n) is 26.3. The van der Waals surface area contributed by atoms with E-state index in [4.69, 9.17) is 28.4 Å². The van der Waals surface area contributed by atoms with Gasteiger partial charge in [0.1, 0.15) is 48.8 Å². The molecular formula is C28H49NO18. The van der Waals surface area contributed by atoms with E-state index in [0.29, 0.717) is 0 Å². The van der Waals surface area contributed by atoms with Crippen LogP contribution >= 0.6 is 0 Å². The molecule has 4 aliphatic rings. The summed E-state index contributed by atoms with van der Waals surface area (Å²) in [5, 5.41) is 115. The van der Waals surface area contributed by atoms with Crippen molar-refractivity contribution in [2.24, 2.45) is 5.92 Å². The third-order valence-corrected chi connectivity index (χ3v) is 9.58. The van der Waals surface area contributed by atoms with Crippen LogP contribution in [0.2, 0.25) is 0 Å². The molecule has 4 heterocycles. The lowest BCUT2D eigenvalue weighted by atomic mass is 9.88. The van der Waals surface area contributed by atoms with Gasteiger partial charge in [0.25, 0.3) is 5.79 Å². The van der Waals surface area contributed by atoms with Gasteiger partial charge in [0, 0.05) is 25.3 Å². The van der Waals surface area contributed by atoms with Gasteiger partial charge in [-0.2, -0.15) is 0 Å². The molecule has 0 spiro atoms. The molecule has 274 valence electrons. The normalized spacial score (nSPS) is 50.2. The Kier molecular flexibility index (Phi) is 13.0. The Hall–Kier alpha value is -1.21. The number of hydrogen-bond acceptors (Lipinski definition) is 18. The minimum absolute atomic E-state index is 0.0137. The highest BCUT2D eigenvalue weighted by molar-refractivity contribution is 5.76. The minimum atomic E-state index is -2.65. The first-order chi connectivity index (χ1) is 22.1. The molecule has 0 aromatic carbocycles. The summed E-state index contributed by atoms with van der Waals surface area (Å²) in [7, 11) is 1.57. The number of aliphatic hydroxyl groups is 10. The molecule has 11 N–H and O–H groups in total. The van der Waals surface area contributed by atoms with Crippen LogP contribution in [0.4, 0.5) is 0 Å². The summed E-state index contributed by atoms with van der Waals surface area (Å²) in [6.07, 6.45) is -23.5. The molecule has 0 aliphatic carbocycles. The lowest BCUT2D eigenvalue weighted by Crippen LogP contribution is -2.66. The van der Waals surface area contributed by atoms with Crippen LogP contribution in [0.15, 0.2) is 0 Å². The van der Waals surface area contributed by atoms with Crippen LogP contribution in [0.25, 0.3) is 0 Å². The van der Waals surface area contributed by atoms with E-state index in [-0.39, 0.29) is 13.0 Å². The predicted molar refractivity (Wildman–Crippen MR) is 151 cm³/mol. The van der Waals surface area contributed by atoms with Gasteiger partial charge in [-0.1, -0.05) is 6.92 Å². The molecule has 0 radical (unpaired) electrons. The van der Waals surface area contributed by atoms with E-state index in [2.05, 4.69) is 0 Å². The molecule has 19 nitrogen and oxygen atoms in total. The summed E-state index contributed by atoms with van der Waals surface area (Å²) in [6, 6.07) is -0.941. The van der Waals surface area contributed by atoms with Gasteiger partial charge in [0.05, 0.1) is 56.4 Å². The Morgan fingerprint density at radius 1 is 0.809 bits per heavy atom. The van der Waals surface area contributed by atoms with Gasteiger partial charge in [-0.3, -0.25) is 4.90 Å². The van der Waals surface area contributed by atoms with E-state index < -0.39 is 142 Å². The fourth-order valence-electron chi connectivity index (χ4n) is 6.55. The van der Waals surface area contributed by atoms with Crippen molar-refractivity contribution in [3.8, 4) is 0 Å². The zero-order valence-corrected chi connectivity index (χ0v) is 26.3. The molecule has 4 rings (SSSR count). The predicted octanol–water partition coefficient (Wildman–Crippen LogP) is -5.98. The molecule has 0 saturated carbocycles. The van der Waals surface area contributed by atoms with Gasteiger partial charge in [-0.25, -0.2) is 4.79 Å². The number of rotatable bonds is 10. The lowest BCUT2D eigenvalue weighted by molar-refractivity contribution is -0.377. The highest BCUT2D eigenvalue weighted by Crippen LogP contribution is 2.39. The molecule has 19 heteroatoms. The molecule has 4 fully saturated rings. The van der Waals surface area contributed by atoms with E-state index >= 15 is 0 Å². The number of likely N-dealkylation sites (N-methyl/N-ethyl adjacent to an activating group) is 1. The number of carboxylic acids is 1. The second-order valence-electron chi connectivity index (χ2n) is 12.9. The van der Waals surface area contributed by atoms with E-state index in [1.54, 1.807) is 11.9 Å². The Balaban J connectivity index is 1.63. The Morgan fingerprint density at radius 2 is 1.45 bits per heavy atom. The summed E-state index contributed by atoms with van der Waals surface area (Å²) >= 11 is 0. The molecule has 11 unspecified atom stereocenters. The summed E-state index contributed by atoms with van der Waals surface area (Å²) in [5.41, 5.74) is 0. The molecule has 0 bridgehead atoms. The minimum Gasteiger partial charge on any atom is -0.477 e. The molecular weight excluding hydrogens is 638 g/mol. The van der Waals surface area contributed by atoms with Gasteiger partial charge in [0.2, 0.25) is 0 Å². The maximum Gasteiger partial charge on any atom is 0.364 e. The first-order valence-electron chi connectivity index (χ1n) is 15.6. The van der Waals surface area contributed by atoms with Crippen LogP contribution in [0.5, 0.6) is 0 Å². The highest BCUT2D eigenvalue weighted by Gasteiger charge is 2.58. The van der Waals surface area contributed by atoms with Gasteiger partial charge in [-0.05, 0) is 14.0 Å². The molecule has 4 aliphatic heterocycles. The number of aliphatic carboxylic acids is 1. The van der Waals surface area contributed by atoms with Gasteiger partial charge in [-0.15, -0.1) is 0 Å². The highest BCUT2D eigenvalue weighted by atomic mass is 16.8. The summed E-state index contributed by atoms with van der Waals surface area (Å²) < 4.78 is 34.6. The van der Waals surface area contributed by atoms with Crippen molar-refractivity contribution >= 4 is 5.97 Å². The number of carbonyl (C=O) groups is 1. The van der Waals surface area contributed by atoms with Crippen molar-refractivity contribution in [1.29, 1.82) is 0 Å². The summed E-state index contributed by atoms with van der Waals surface area (Å²) in [5.74, 6) is -5.08. The average Bonchev–Trinajstić information content (AvgIpc) is 3.13. The number of likely N-dealkylation sites (tertiary alicyclic amines) is 1. The average molecular weight is 688 g/mol. The number of aliphatic hydroxyl groups excluding tert-OH is 10. The summed E-state index contributed by atoms with van der Waals surface area (Å²) in [6.45, 7) is 0.869. The van der Waals surface area contributed by atoms with Gasteiger partial charge >= 0.3 is 5.97 Å². The smallest absolute Gasteiger partial charge is 0.364 e. The number of hydrogen-bond donors (Lipinski definition) is 11. The largest absolute Gasteiger partial charge is 0.477 e. The van der Waals surface area contributed by atoms with Crippen molar-refractivity contribution < 1.29 is 89.4 Å². The van der Waals surface area contributed by atoms with Crippen molar-refractivity contribution in [3.63, 3.8) is 0 Å². The monoisotopic (exact) mass is 687 g/mol. The first kappa shape index (κ1) is 38.6. The van der Waals surface area contributed by atoms with E-state index in [0.717, 1.165) is 0 Å². The van der Waals surface area contributed by atoms with Crippen molar-refractivity contribution in [3.05, 3.63) is 0 Å². The number of ether oxygens (including phenoxy) is 6. The molecule has 4 saturated heterocycles. The van der Waals surface area contributed by atoms with E-state index in [1.807, 2.05) is 0 Å². The Morgan fingerprint density at radius 3 is 2.04 bits per heavy atom. The van der Waals surface area contributed by atoms with Crippen LogP contribution < -0.4 is 0 Å². The van der Waals surface area contributed by atoms with E-state index in [9.17, 15) is 61.0 Å². The molecule has 18 atom stereocenters. The fraction of sp³-hybridized carbons (Fsp3) is 0.964. The maximum absolute atomic E-state index is 12.5. The molecule has 0 aromatic heterocycles. The standard InChI is InChI=1S/C28H49NO18/c1-10-14(34)5-28(27(40)41,46-16(10)8-31)47-24-19(36)17(9-32)44-26(22(24)39)43-15-4-12(33)6-29(3)13(7-30)23(15)45-25-21(38)20(37)18(35)11(2)42-25/h10-26,30-39H,4-9H2,1-3H3,(H,40,41)/t10-,11?,12?,13?,14?,15?,16?,17?,18-,19+,20?,21?,22?,23+,24?,25+,26-,28+/m1/s1. The zero-order chi connectivity index (χ0) is 35.0. The molecule has 0 amide bonds. The second-order valence-corrected chi connectivity index (χ2v) is 12.9. The van der Waals surface area contributed by atoms with Crippen LogP contribution in [0, 0.1) is 5.92 Å². The van der Waals surface area contributed by atoms with Crippen molar-refractivity contribution in [2.75, 3.05) is 33.4 Å². The number of nitrogens with zero attached hydrogens (tertiary/aromatic N) is 1. The fourth-order valence-corrected chi connectivity index (χ4v) is 6.55. The SMILES string of the molecule is CC1O[C@@H](O[C@@H]2C(O[C@@H]3OC(CO)[C@H](O)C(O[C@]4(C(=O)O)CC(O)[C@@H](C)C(CO)O4)C3O)CC(O)CN(C)C2CO)C(O)C(O)[C@@H]1O. The summed E-state index contributed by atoms with van der Waals surface area (Å²) in [4.78, 5) is 14.0. The van der Waals surface area contributed by atoms with Crippen LogP contribution in [0.1, 0.15) is 26.7 Å². The maximum atomic E-state index is 12.5. The Bertz CT molecular complexity index is 1030. The van der Waals surface area contributed by atoms with Gasteiger partial charge in [0.15, 0.2) is 12.6 Å². The quantitative estimate of drug-likeness (QED) is 0.102. The third-order valence-electron chi connectivity index (χ3n) is 9.58. The first-order valence-corrected chi connectivity index (χ1v) is 15.6. The van der Waals surface area contributed by atoms with Crippen molar-refractivity contribution in [2.45, 2.75) is 130 Å². The Labute approximate surface area is 270 Å². The van der Waals surface area contributed by atoms with Crippen molar-refractivity contribution in [1.82, 2.24) is 4.90 Å². The molecule has 47 heavy (non-hydrogen) atoms. The third kappa shape index (κ3) is 7.92. The number of carboxylic acid groups (broad SMARTS) is 1. The van der Waals surface area contributed by atoms with Crippen LogP contribution in [-0.4, -0.2) is 204 Å². The van der Waals surface area contributed by atoms with Gasteiger partial charge < -0.3 is 84.6 Å². The van der Waals surface area contributed by atoms with Crippen LogP contribution in [0.3, 0.4) is 0 Å². The topological polar surface area (TPSA) is 298 Å². The second kappa shape index (κ2) is 15.8. The van der Waals surface area contributed by atoms with Crippen LogP contribution in [-0.2, 0) is 33.2 Å². The lowest BCUT2D eigenvalue weighted by Gasteiger charge is -2.49.